The van der Waals surface area contributed by atoms with Gasteiger partial charge in [0, 0.05) is 13.2 Å². The van der Waals surface area contributed by atoms with Crippen LogP contribution in [-0.2, 0) is 13.9 Å². The van der Waals surface area contributed by atoms with E-state index in [2.05, 4.69) is 88.0 Å². The van der Waals surface area contributed by atoms with Crippen molar-refractivity contribution in [2.45, 2.75) is 63.9 Å². The molecular weight excluding hydrogens is 388 g/mol. The first-order chi connectivity index (χ1) is 14.5. The third-order valence-electron chi connectivity index (χ3n) is 5.87. The van der Waals surface area contributed by atoms with Gasteiger partial charge in [0.2, 0.25) is 0 Å². The lowest BCUT2D eigenvalue weighted by Crippen LogP contribution is -2.66. The summed E-state index contributed by atoms with van der Waals surface area (Å²) in [6, 6.07) is 21.5. The molecule has 0 radical (unpaired) electrons. The third-order valence-corrected chi connectivity index (χ3v) is 10.9. The summed E-state index contributed by atoms with van der Waals surface area (Å²) < 4.78 is 18.9. The number of hydrogen-bond acceptors (Lipinski definition) is 3. The molecule has 1 fully saturated rings. The van der Waals surface area contributed by atoms with Gasteiger partial charge in [-0.2, -0.15) is 0 Å². The molecular formula is C26H36O3Si. The van der Waals surface area contributed by atoms with Gasteiger partial charge in [-0.1, -0.05) is 87.5 Å². The van der Waals surface area contributed by atoms with Crippen molar-refractivity contribution < 1.29 is 13.9 Å². The summed E-state index contributed by atoms with van der Waals surface area (Å²) in [5.41, 5.74) is 0. The Hall–Kier alpha value is -1.72. The quantitative estimate of drug-likeness (QED) is 0.416. The van der Waals surface area contributed by atoms with Crippen molar-refractivity contribution in [2.24, 2.45) is 0 Å². The highest BCUT2D eigenvalue weighted by molar-refractivity contribution is 6.99. The molecule has 2 atom stereocenters. The topological polar surface area (TPSA) is 27.7 Å². The van der Waals surface area contributed by atoms with Crippen LogP contribution in [0.2, 0.25) is 5.04 Å². The molecule has 1 saturated heterocycles. The maximum Gasteiger partial charge on any atom is 0.261 e. The molecule has 1 heterocycles. The molecule has 0 unspecified atom stereocenters. The number of hydrogen-bond donors (Lipinski definition) is 0. The molecule has 1 aliphatic rings. The molecule has 3 nitrogen and oxygen atoms in total. The van der Waals surface area contributed by atoms with E-state index in [1.165, 1.54) is 10.4 Å². The second-order valence-electron chi connectivity index (χ2n) is 9.01. The van der Waals surface area contributed by atoms with Gasteiger partial charge in [0.25, 0.3) is 8.32 Å². The minimum Gasteiger partial charge on any atom is -0.407 e. The van der Waals surface area contributed by atoms with Crippen LogP contribution in [0.15, 0.2) is 73.3 Å². The van der Waals surface area contributed by atoms with Gasteiger partial charge >= 0.3 is 0 Å². The van der Waals surface area contributed by atoms with Gasteiger partial charge < -0.3 is 13.9 Å². The van der Waals surface area contributed by atoms with Gasteiger partial charge in [-0.05, 0) is 41.1 Å². The minimum absolute atomic E-state index is 0.0211. The molecule has 3 rings (SSSR count). The molecule has 0 N–H and O–H groups in total. The average Bonchev–Trinajstić information content (AvgIpc) is 2.77. The first-order valence-corrected chi connectivity index (χ1v) is 13.0. The van der Waals surface area contributed by atoms with Gasteiger partial charge in [-0.3, -0.25) is 0 Å². The van der Waals surface area contributed by atoms with Crippen LogP contribution in [0, 0.1) is 0 Å². The number of benzene rings is 2. The predicted molar refractivity (Wildman–Crippen MR) is 127 cm³/mol. The van der Waals surface area contributed by atoms with Gasteiger partial charge in [-0.15, -0.1) is 6.58 Å². The van der Waals surface area contributed by atoms with Gasteiger partial charge in [0.1, 0.15) is 0 Å². The van der Waals surface area contributed by atoms with E-state index in [1.807, 2.05) is 6.08 Å². The van der Waals surface area contributed by atoms with Crippen LogP contribution >= 0.6 is 0 Å². The largest absolute Gasteiger partial charge is 0.407 e. The van der Waals surface area contributed by atoms with Crippen LogP contribution in [0.5, 0.6) is 0 Å². The molecule has 2 aromatic rings. The zero-order valence-corrected chi connectivity index (χ0v) is 19.7. The van der Waals surface area contributed by atoms with E-state index in [1.54, 1.807) is 0 Å². The van der Waals surface area contributed by atoms with Crippen LogP contribution in [0.4, 0.5) is 0 Å². The van der Waals surface area contributed by atoms with E-state index in [9.17, 15) is 0 Å². The second kappa shape index (κ2) is 10.5. The first-order valence-electron chi connectivity index (χ1n) is 11.1. The van der Waals surface area contributed by atoms with Crippen molar-refractivity contribution in [3.05, 3.63) is 73.3 Å². The maximum atomic E-state index is 6.96. The second-order valence-corrected chi connectivity index (χ2v) is 13.3. The number of rotatable bonds is 9. The summed E-state index contributed by atoms with van der Waals surface area (Å²) in [4.78, 5) is 0. The van der Waals surface area contributed by atoms with Crippen LogP contribution in [0.25, 0.3) is 0 Å². The molecule has 0 aromatic heterocycles. The monoisotopic (exact) mass is 424 g/mol. The van der Waals surface area contributed by atoms with E-state index in [0.29, 0.717) is 6.61 Å². The first kappa shape index (κ1) is 23.0. The van der Waals surface area contributed by atoms with E-state index in [0.717, 1.165) is 32.3 Å². The molecule has 0 aliphatic carbocycles. The van der Waals surface area contributed by atoms with Crippen molar-refractivity contribution in [3.8, 4) is 0 Å². The Morgan fingerprint density at radius 3 is 2.10 bits per heavy atom. The maximum absolute atomic E-state index is 6.96. The van der Waals surface area contributed by atoms with Crippen molar-refractivity contribution in [3.63, 3.8) is 0 Å². The molecule has 0 saturated carbocycles. The van der Waals surface area contributed by atoms with E-state index >= 15 is 0 Å². The van der Waals surface area contributed by atoms with Gasteiger partial charge in [-0.25, -0.2) is 0 Å². The Balaban J connectivity index is 1.81. The lowest BCUT2D eigenvalue weighted by Gasteiger charge is -2.43. The van der Waals surface area contributed by atoms with Gasteiger partial charge in [0.05, 0.1) is 6.10 Å². The normalized spacial score (nSPS) is 18.7. The highest BCUT2D eigenvalue weighted by Crippen LogP contribution is 2.36. The zero-order chi connectivity index (χ0) is 21.5. The fourth-order valence-electron chi connectivity index (χ4n) is 4.34. The summed E-state index contributed by atoms with van der Waals surface area (Å²) in [5, 5.41) is 2.58. The molecule has 30 heavy (non-hydrogen) atoms. The third kappa shape index (κ3) is 5.30. The molecule has 0 spiro atoms. The highest BCUT2D eigenvalue weighted by atomic mass is 28.4. The van der Waals surface area contributed by atoms with Crippen molar-refractivity contribution in [2.75, 3.05) is 13.2 Å². The summed E-state index contributed by atoms with van der Waals surface area (Å²) in [6.07, 6.45) is 5.71. The van der Waals surface area contributed by atoms with Crippen LogP contribution < -0.4 is 10.4 Å². The van der Waals surface area contributed by atoms with E-state index in [4.69, 9.17) is 13.9 Å². The molecule has 1 aliphatic heterocycles. The summed E-state index contributed by atoms with van der Waals surface area (Å²) >= 11 is 0. The lowest BCUT2D eigenvalue weighted by molar-refractivity contribution is -0.180. The van der Waals surface area contributed by atoms with Crippen LogP contribution in [0.1, 0.15) is 46.5 Å². The van der Waals surface area contributed by atoms with Crippen molar-refractivity contribution in [1.82, 2.24) is 0 Å². The Labute approximate surface area is 183 Å². The smallest absolute Gasteiger partial charge is 0.261 e. The fraction of sp³-hybridized carbons (Fsp3) is 0.462. The molecule has 4 heteroatoms. The Bertz CT molecular complexity index is 724. The van der Waals surface area contributed by atoms with E-state index in [-0.39, 0.29) is 17.4 Å². The summed E-state index contributed by atoms with van der Waals surface area (Å²) in [6.45, 7) is 12.3. The van der Waals surface area contributed by atoms with Gasteiger partial charge in [0.15, 0.2) is 6.29 Å². The fourth-order valence-corrected chi connectivity index (χ4v) is 8.92. The Kier molecular flexibility index (Phi) is 8.06. The predicted octanol–water partition coefficient (Wildman–Crippen LogP) is 5.05. The Morgan fingerprint density at radius 2 is 1.63 bits per heavy atom. The molecule has 162 valence electrons. The van der Waals surface area contributed by atoms with Crippen LogP contribution in [-0.4, -0.2) is 33.9 Å². The van der Waals surface area contributed by atoms with Crippen LogP contribution in [0.3, 0.4) is 0 Å². The SMILES string of the molecule is C=C[C@H](CCO[Si](c1ccccc1)(c1ccccc1)C(C)(C)C)O[C@@H]1CCCCO1. The molecule has 2 aromatic carbocycles. The highest BCUT2D eigenvalue weighted by Gasteiger charge is 2.50. The van der Waals surface area contributed by atoms with Crippen molar-refractivity contribution in [1.29, 1.82) is 0 Å². The standard InChI is InChI=1S/C26H36O3Si/c1-5-22(29-25-18-12-13-20-27-25)19-21-28-30(26(2,3)4,23-14-8-6-9-15-23)24-16-10-7-11-17-24/h5-11,14-17,22,25H,1,12-13,18-21H2,2-4H3/t22-,25-/m1/s1. The molecule has 0 amide bonds. The Morgan fingerprint density at radius 1 is 1.03 bits per heavy atom. The average molecular weight is 425 g/mol. The van der Waals surface area contributed by atoms with E-state index < -0.39 is 8.32 Å². The lowest BCUT2D eigenvalue weighted by atomic mass is 10.2. The minimum atomic E-state index is -2.50. The number of ether oxygens (including phenoxy) is 2. The van der Waals surface area contributed by atoms with Crippen molar-refractivity contribution >= 4 is 18.7 Å². The summed E-state index contributed by atoms with van der Waals surface area (Å²) in [7, 11) is -2.50. The summed E-state index contributed by atoms with van der Waals surface area (Å²) in [5.74, 6) is 0. The molecule has 0 bridgehead atoms. The zero-order valence-electron chi connectivity index (χ0n) is 18.7.